The van der Waals surface area contributed by atoms with Crippen LogP contribution in [0.15, 0.2) is 22.7 Å². The summed E-state index contributed by atoms with van der Waals surface area (Å²) in [5.74, 6) is 0.190. The molecule has 0 aliphatic carbocycles. The number of nitrogens with zero attached hydrogens (tertiary/aromatic N) is 2. The third-order valence-corrected chi connectivity index (χ3v) is 4.79. The average Bonchev–Trinajstić information content (AvgIpc) is 2.75. The van der Waals surface area contributed by atoms with Gasteiger partial charge in [0.25, 0.3) is 5.91 Å². The first-order valence-electron chi connectivity index (χ1n) is 8.04. The molecule has 0 unspecified atom stereocenters. The zero-order valence-corrected chi connectivity index (χ0v) is 15.0. The highest BCUT2D eigenvalue weighted by atomic mass is 35.5. The van der Waals surface area contributed by atoms with Gasteiger partial charge in [0.1, 0.15) is 17.0 Å². The first-order chi connectivity index (χ1) is 11.6. The van der Waals surface area contributed by atoms with Crippen molar-refractivity contribution in [3.8, 4) is 11.3 Å². The minimum atomic E-state index is -0.248. The van der Waals surface area contributed by atoms with E-state index in [9.17, 15) is 4.79 Å². The van der Waals surface area contributed by atoms with Crippen molar-refractivity contribution in [3.05, 3.63) is 39.6 Å². The number of nitrogens with one attached hydrogen (secondary N) is 1. The fourth-order valence-corrected chi connectivity index (χ4v) is 3.49. The van der Waals surface area contributed by atoms with Crippen molar-refractivity contribution in [2.24, 2.45) is 0 Å². The minimum Gasteiger partial charge on any atom is -0.360 e. The fourth-order valence-electron chi connectivity index (χ4n) is 2.92. The first-order valence-corrected chi connectivity index (χ1v) is 8.80. The Morgan fingerprint density at radius 3 is 2.42 bits per heavy atom. The third-order valence-electron chi connectivity index (χ3n) is 4.16. The summed E-state index contributed by atoms with van der Waals surface area (Å²) in [4.78, 5) is 12.8. The van der Waals surface area contributed by atoms with Crippen molar-refractivity contribution < 1.29 is 9.32 Å². The Balaban J connectivity index is 1.91. The maximum atomic E-state index is 12.8. The predicted molar refractivity (Wildman–Crippen MR) is 94.2 cm³/mol. The molecule has 3 rings (SSSR count). The molecule has 0 bridgehead atoms. The number of carbonyl (C=O) groups is 1. The van der Waals surface area contributed by atoms with Crippen LogP contribution < -0.4 is 5.43 Å². The highest BCUT2D eigenvalue weighted by Gasteiger charge is 2.26. The molecule has 1 amide bonds. The number of aromatic nitrogens is 1. The van der Waals surface area contributed by atoms with Crippen LogP contribution >= 0.6 is 23.2 Å². The van der Waals surface area contributed by atoms with E-state index in [1.54, 1.807) is 25.1 Å². The molecule has 7 heteroatoms. The lowest BCUT2D eigenvalue weighted by Gasteiger charge is -2.20. The summed E-state index contributed by atoms with van der Waals surface area (Å²) in [5.41, 5.74) is 4.21. The Morgan fingerprint density at radius 2 is 1.79 bits per heavy atom. The summed E-state index contributed by atoms with van der Waals surface area (Å²) in [6.45, 7) is 3.40. The van der Waals surface area contributed by atoms with Gasteiger partial charge in [-0.3, -0.25) is 10.2 Å². The maximum Gasteiger partial charge on any atom is 0.271 e. The van der Waals surface area contributed by atoms with Crippen LogP contribution in [-0.2, 0) is 0 Å². The van der Waals surface area contributed by atoms with Crippen LogP contribution in [0.3, 0.4) is 0 Å². The summed E-state index contributed by atoms with van der Waals surface area (Å²) >= 11 is 12.5. The molecule has 2 aromatic rings. The number of hydrogen-bond acceptors (Lipinski definition) is 4. The van der Waals surface area contributed by atoms with Crippen LogP contribution in [0.4, 0.5) is 0 Å². The van der Waals surface area contributed by atoms with E-state index in [2.05, 4.69) is 10.6 Å². The van der Waals surface area contributed by atoms with Crippen LogP contribution in [0.2, 0.25) is 10.0 Å². The number of aryl methyl sites for hydroxylation is 1. The van der Waals surface area contributed by atoms with E-state index < -0.39 is 0 Å². The zero-order chi connectivity index (χ0) is 17.1. The topological polar surface area (TPSA) is 58.4 Å². The Kier molecular flexibility index (Phi) is 5.43. The van der Waals surface area contributed by atoms with Gasteiger partial charge in [-0.1, -0.05) is 47.3 Å². The van der Waals surface area contributed by atoms with Crippen molar-refractivity contribution >= 4 is 29.1 Å². The molecule has 2 heterocycles. The molecule has 1 N–H and O–H groups in total. The third kappa shape index (κ3) is 3.58. The van der Waals surface area contributed by atoms with Crippen molar-refractivity contribution in [1.82, 2.24) is 15.6 Å². The van der Waals surface area contributed by atoms with Crippen molar-refractivity contribution in [2.45, 2.75) is 32.6 Å². The molecule has 1 aliphatic heterocycles. The van der Waals surface area contributed by atoms with Gasteiger partial charge in [-0.2, -0.15) is 0 Å². The largest absolute Gasteiger partial charge is 0.360 e. The molecule has 0 radical (unpaired) electrons. The van der Waals surface area contributed by atoms with Crippen LogP contribution in [0.25, 0.3) is 11.3 Å². The number of rotatable bonds is 3. The number of hydrazine groups is 1. The second-order valence-electron chi connectivity index (χ2n) is 5.90. The molecule has 0 atom stereocenters. The molecule has 1 aromatic carbocycles. The second-order valence-corrected chi connectivity index (χ2v) is 6.72. The number of amides is 1. The van der Waals surface area contributed by atoms with Gasteiger partial charge < -0.3 is 4.52 Å². The Bertz CT molecular complexity index is 717. The molecule has 1 fully saturated rings. The number of benzene rings is 1. The van der Waals surface area contributed by atoms with Gasteiger partial charge in [0.05, 0.1) is 10.0 Å². The van der Waals surface area contributed by atoms with Crippen molar-refractivity contribution in [1.29, 1.82) is 0 Å². The molecule has 1 aromatic heterocycles. The Morgan fingerprint density at radius 1 is 1.17 bits per heavy atom. The molecule has 5 nitrogen and oxygen atoms in total. The summed E-state index contributed by atoms with van der Waals surface area (Å²) in [6, 6.07) is 5.17. The Labute approximate surface area is 150 Å². The van der Waals surface area contributed by atoms with Gasteiger partial charge in [0, 0.05) is 18.7 Å². The molecule has 0 saturated carbocycles. The van der Waals surface area contributed by atoms with E-state index in [4.69, 9.17) is 27.7 Å². The highest BCUT2D eigenvalue weighted by molar-refractivity contribution is 6.39. The number of carbonyl (C=O) groups excluding carboxylic acids is 1. The van der Waals surface area contributed by atoms with E-state index in [1.807, 2.05) is 5.01 Å². The van der Waals surface area contributed by atoms with Gasteiger partial charge in [0.15, 0.2) is 0 Å². The molecular weight excluding hydrogens is 349 g/mol. The van der Waals surface area contributed by atoms with E-state index in [0.717, 1.165) is 25.9 Å². The second kappa shape index (κ2) is 7.55. The summed E-state index contributed by atoms with van der Waals surface area (Å²) in [5, 5.41) is 6.84. The predicted octanol–water partition coefficient (Wildman–Crippen LogP) is 4.48. The van der Waals surface area contributed by atoms with Crippen LogP contribution in [0.1, 0.15) is 41.8 Å². The van der Waals surface area contributed by atoms with Crippen LogP contribution in [-0.4, -0.2) is 29.2 Å². The van der Waals surface area contributed by atoms with Gasteiger partial charge in [-0.25, -0.2) is 5.01 Å². The van der Waals surface area contributed by atoms with Gasteiger partial charge >= 0.3 is 0 Å². The van der Waals surface area contributed by atoms with Gasteiger partial charge in [-0.05, 0) is 31.9 Å². The lowest BCUT2D eigenvalue weighted by atomic mass is 10.1. The van der Waals surface area contributed by atoms with Crippen LogP contribution in [0, 0.1) is 6.92 Å². The molecule has 1 saturated heterocycles. The SMILES string of the molecule is Cc1onc(-c2c(Cl)cccc2Cl)c1C(=O)NN1CCCCCC1. The lowest BCUT2D eigenvalue weighted by Crippen LogP contribution is -2.42. The zero-order valence-electron chi connectivity index (χ0n) is 13.4. The van der Waals surface area contributed by atoms with Crippen molar-refractivity contribution in [3.63, 3.8) is 0 Å². The monoisotopic (exact) mass is 367 g/mol. The summed E-state index contributed by atoms with van der Waals surface area (Å²) in [6.07, 6.45) is 4.54. The smallest absolute Gasteiger partial charge is 0.271 e. The summed E-state index contributed by atoms with van der Waals surface area (Å²) < 4.78 is 5.25. The quantitative estimate of drug-likeness (QED) is 0.868. The normalized spacial score (nSPS) is 16.0. The maximum absolute atomic E-state index is 12.8. The average molecular weight is 368 g/mol. The number of halogens is 2. The molecular formula is C17H19Cl2N3O2. The van der Waals surface area contributed by atoms with Crippen LogP contribution in [0.5, 0.6) is 0 Å². The first kappa shape index (κ1) is 17.3. The molecule has 24 heavy (non-hydrogen) atoms. The van der Waals surface area contributed by atoms with E-state index >= 15 is 0 Å². The van der Waals surface area contributed by atoms with E-state index in [-0.39, 0.29) is 5.91 Å². The summed E-state index contributed by atoms with van der Waals surface area (Å²) in [7, 11) is 0. The lowest BCUT2D eigenvalue weighted by molar-refractivity contribution is 0.0793. The minimum absolute atomic E-state index is 0.248. The Hall–Kier alpha value is -1.56. The van der Waals surface area contributed by atoms with Gasteiger partial charge in [-0.15, -0.1) is 0 Å². The highest BCUT2D eigenvalue weighted by Crippen LogP contribution is 2.36. The van der Waals surface area contributed by atoms with E-state index in [0.29, 0.717) is 32.6 Å². The number of hydrogen-bond donors (Lipinski definition) is 1. The fraction of sp³-hybridized carbons (Fsp3) is 0.412. The standard InChI is InChI=1S/C17H19Cl2N3O2/c1-11-14(17(23)20-22-9-4-2-3-5-10-22)16(21-24-11)15-12(18)7-6-8-13(15)19/h6-8H,2-5,9-10H2,1H3,(H,20,23). The molecule has 0 spiro atoms. The molecule has 1 aliphatic rings. The van der Waals surface area contributed by atoms with Crippen molar-refractivity contribution in [2.75, 3.05) is 13.1 Å². The van der Waals surface area contributed by atoms with Gasteiger partial charge in [0.2, 0.25) is 0 Å². The van der Waals surface area contributed by atoms with E-state index in [1.165, 1.54) is 12.8 Å². The molecule has 128 valence electrons.